The van der Waals surface area contributed by atoms with Gasteiger partial charge in [0.1, 0.15) is 18.3 Å². The topological polar surface area (TPSA) is 279 Å². The predicted octanol–water partition coefficient (Wildman–Crippen LogP) is -1.49. The first-order chi connectivity index (χ1) is 14.6. The van der Waals surface area contributed by atoms with Crippen molar-refractivity contribution in [3.05, 3.63) is 12.4 Å². The summed E-state index contributed by atoms with van der Waals surface area (Å²) in [6.07, 6.45) is -6.68. The predicted molar refractivity (Wildman–Crippen MR) is 95.4 cm³/mol. The molecule has 0 radical (unpaired) electrons. The molecule has 1 fully saturated rings. The third-order valence-corrected chi connectivity index (χ3v) is 7.65. The first-order valence-electron chi connectivity index (χ1n) is 8.04. The number of halogens is 1. The van der Waals surface area contributed by atoms with E-state index in [2.05, 4.69) is 28.1 Å². The van der Waals surface area contributed by atoms with Gasteiger partial charge in [-0.05, 0) is 0 Å². The van der Waals surface area contributed by atoms with Crippen LogP contribution < -0.4 is 5.73 Å². The van der Waals surface area contributed by atoms with Crippen LogP contribution in [0.5, 0.6) is 0 Å². The summed E-state index contributed by atoms with van der Waals surface area (Å²) in [6.45, 7) is -1.03. The number of aromatic nitrogens is 4. The van der Waals surface area contributed by atoms with E-state index in [1.54, 1.807) is 0 Å². The number of aliphatic hydroxyl groups is 2. The molecule has 1 aliphatic rings. The summed E-state index contributed by atoms with van der Waals surface area (Å²) in [5.41, 5.74) is 5.27. The first kappa shape index (κ1) is 25.2. The summed E-state index contributed by atoms with van der Waals surface area (Å²) in [5, 5.41) is 20.4. The maximum Gasteiger partial charge on any atom is 0.490 e. The van der Waals surface area contributed by atoms with Gasteiger partial charge < -0.3 is 40.3 Å². The van der Waals surface area contributed by atoms with Gasteiger partial charge in [0.05, 0.1) is 12.9 Å². The molecular formula is C10H15FN5O13P3. The highest BCUT2D eigenvalue weighted by Crippen LogP contribution is 2.66. The Morgan fingerprint density at radius 2 is 1.75 bits per heavy atom. The fourth-order valence-electron chi connectivity index (χ4n) is 2.66. The van der Waals surface area contributed by atoms with Gasteiger partial charge in [-0.25, -0.2) is 18.7 Å². The summed E-state index contributed by atoms with van der Waals surface area (Å²) in [4.78, 5) is 46.1. The van der Waals surface area contributed by atoms with Crippen LogP contribution in [0.2, 0.25) is 0 Å². The number of imidazole rings is 1. The van der Waals surface area contributed by atoms with Crippen LogP contribution in [0.1, 0.15) is 6.23 Å². The normalized spacial score (nSPS) is 28.0. The van der Waals surface area contributed by atoms with Crippen molar-refractivity contribution in [1.82, 2.24) is 19.5 Å². The SMILES string of the molecule is Nc1nc(F)nc2c1ncn2[C@@H]1O[C@H](COP(=O)(O)OP(=O)(O)OP(=O)(O)O)[C@@H](O)[C@H]1O. The minimum atomic E-state index is -5.74. The number of hydrogen-bond acceptors (Lipinski definition) is 13. The Morgan fingerprint density at radius 3 is 2.38 bits per heavy atom. The fraction of sp³-hybridized carbons (Fsp3) is 0.500. The molecule has 2 aromatic heterocycles. The zero-order chi connectivity index (χ0) is 24.1. The van der Waals surface area contributed by atoms with Gasteiger partial charge in [-0.3, -0.25) is 9.09 Å². The molecule has 0 saturated carbocycles. The molecule has 2 aromatic rings. The standard InChI is InChI=1S/C10H15FN5O13P3/c11-10-14-7(12)4-8(15-10)16(2-13-4)9-6(18)5(17)3(27-9)1-26-31(22,23)29-32(24,25)28-30(19,20)21/h2-3,5-6,9,17-18H,1H2,(H,22,23)(H,24,25)(H2,12,14,15)(H2,19,20,21)/t3-,5-,6-,9-/m1/s1. The van der Waals surface area contributed by atoms with Crippen molar-refractivity contribution in [2.75, 3.05) is 12.3 Å². The Bertz CT molecular complexity index is 1160. The molecule has 32 heavy (non-hydrogen) atoms. The molecule has 8 N–H and O–H groups in total. The van der Waals surface area contributed by atoms with Gasteiger partial charge in [0, 0.05) is 0 Å². The summed E-state index contributed by atoms with van der Waals surface area (Å²) in [5.74, 6) is -0.316. The largest absolute Gasteiger partial charge is 0.490 e. The third kappa shape index (κ3) is 5.73. The average Bonchev–Trinajstić information content (AvgIpc) is 3.12. The second-order valence-electron chi connectivity index (χ2n) is 6.13. The monoisotopic (exact) mass is 525 g/mol. The number of nitrogens with two attached hydrogens (primary N) is 1. The van der Waals surface area contributed by atoms with Crippen LogP contribution in [0.3, 0.4) is 0 Å². The van der Waals surface area contributed by atoms with Crippen molar-refractivity contribution in [1.29, 1.82) is 0 Å². The molecule has 3 rings (SSSR count). The van der Waals surface area contributed by atoms with E-state index in [4.69, 9.17) is 25.2 Å². The van der Waals surface area contributed by atoms with Gasteiger partial charge in [0.25, 0.3) is 0 Å². The quantitative estimate of drug-likeness (QED) is 0.153. The van der Waals surface area contributed by atoms with Crippen molar-refractivity contribution < 1.29 is 65.8 Å². The van der Waals surface area contributed by atoms with Crippen LogP contribution in [0.15, 0.2) is 6.33 Å². The van der Waals surface area contributed by atoms with E-state index >= 15 is 0 Å². The molecule has 0 bridgehead atoms. The highest BCUT2D eigenvalue weighted by Gasteiger charge is 2.47. The van der Waals surface area contributed by atoms with Gasteiger partial charge in [0.15, 0.2) is 23.2 Å². The van der Waals surface area contributed by atoms with Crippen LogP contribution in [-0.2, 0) is 31.6 Å². The van der Waals surface area contributed by atoms with Gasteiger partial charge in [-0.15, -0.1) is 0 Å². The lowest BCUT2D eigenvalue weighted by atomic mass is 10.1. The zero-order valence-electron chi connectivity index (χ0n) is 15.2. The van der Waals surface area contributed by atoms with E-state index in [-0.39, 0.29) is 17.0 Å². The molecule has 2 unspecified atom stereocenters. The maximum atomic E-state index is 13.5. The molecule has 0 aromatic carbocycles. The van der Waals surface area contributed by atoms with Gasteiger partial charge in [0.2, 0.25) is 0 Å². The highest BCUT2D eigenvalue weighted by atomic mass is 31.3. The second kappa shape index (κ2) is 8.73. The minimum absolute atomic E-state index is 0.0478. The molecule has 22 heteroatoms. The molecule has 6 atom stereocenters. The van der Waals surface area contributed by atoms with Gasteiger partial charge >= 0.3 is 29.5 Å². The van der Waals surface area contributed by atoms with Crippen molar-refractivity contribution in [2.45, 2.75) is 24.5 Å². The van der Waals surface area contributed by atoms with Crippen molar-refractivity contribution in [2.24, 2.45) is 0 Å². The van der Waals surface area contributed by atoms with Crippen LogP contribution in [0, 0.1) is 6.08 Å². The Kier molecular flexibility index (Phi) is 6.88. The van der Waals surface area contributed by atoms with E-state index in [0.29, 0.717) is 0 Å². The molecule has 180 valence electrons. The summed E-state index contributed by atoms with van der Waals surface area (Å²) < 4.78 is 65.0. The van der Waals surface area contributed by atoms with E-state index in [9.17, 15) is 33.2 Å². The zero-order valence-corrected chi connectivity index (χ0v) is 17.9. The Morgan fingerprint density at radius 1 is 1.09 bits per heavy atom. The van der Waals surface area contributed by atoms with Crippen LogP contribution in [0.25, 0.3) is 11.2 Å². The average molecular weight is 525 g/mol. The Hall–Kier alpha value is -1.43. The molecule has 0 amide bonds. The number of phosphoric acid groups is 3. The lowest BCUT2D eigenvalue weighted by molar-refractivity contribution is -0.0503. The third-order valence-electron chi connectivity index (χ3n) is 3.85. The Labute approximate surface area is 175 Å². The molecule has 0 aliphatic carbocycles. The number of ether oxygens (including phenoxy) is 1. The number of phosphoric ester groups is 1. The second-order valence-corrected chi connectivity index (χ2v) is 10.6. The minimum Gasteiger partial charge on any atom is -0.387 e. The van der Waals surface area contributed by atoms with Crippen LogP contribution in [0.4, 0.5) is 10.2 Å². The highest BCUT2D eigenvalue weighted by molar-refractivity contribution is 7.66. The summed E-state index contributed by atoms with van der Waals surface area (Å²) in [7, 11) is -16.8. The van der Waals surface area contributed by atoms with Crippen molar-refractivity contribution in [3.8, 4) is 0 Å². The lowest BCUT2D eigenvalue weighted by Crippen LogP contribution is -2.33. The molecule has 0 spiro atoms. The van der Waals surface area contributed by atoms with Crippen molar-refractivity contribution in [3.63, 3.8) is 0 Å². The number of fused-ring (bicyclic) bond motifs is 1. The molecule has 1 saturated heterocycles. The number of aliphatic hydroxyl groups excluding tert-OH is 2. The van der Waals surface area contributed by atoms with Crippen molar-refractivity contribution >= 4 is 40.4 Å². The summed E-state index contributed by atoms with van der Waals surface area (Å²) in [6, 6.07) is 0. The summed E-state index contributed by atoms with van der Waals surface area (Å²) >= 11 is 0. The van der Waals surface area contributed by atoms with E-state index in [0.717, 1.165) is 10.9 Å². The number of nitrogen functional groups attached to an aromatic ring is 1. The fourth-order valence-corrected chi connectivity index (χ4v) is 5.69. The van der Waals surface area contributed by atoms with Gasteiger partial charge in [-0.1, -0.05) is 0 Å². The maximum absolute atomic E-state index is 13.5. The number of anilines is 1. The van der Waals surface area contributed by atoms with Crippen LogP contribution >= 0.6 is 23.5 Å². The number of nitrogens with zero attached hydrogens (tertiary/aromatic N) is 4. The molecular weight excluding hydrogens is 510 g/mol. The van der Waals surface area contributed by atoms with E-state index in [1.165, 1.54) is 0 Å². The van der Waals surface area contributed by atoms with E-state index in [1.807, 2.05) is 0 Å². The molecule has 1 aliphatic heterocycles. The lowest BCUT2D eigenvalue weighted by Gasteiger charge is -2.19. The molecule has 18 nitrogen and oxygen atoms in total. The number of hydrogen-bond donors (Lipinski definition) is 7. The van der Waals surface area contributed by atoms with E-state index < -0.39 is 60.7 Å². The first-order valence-corrected chi connectivity index (χ1v) is 12.6. The van der Waals surface area contributed by atoms with Gasteiger partial charge in [-0.2, -0.15) is 23.0 Å². The smallest absolute Gasteiger partial charge is 0.387 e. The van der Waals surface area contributed by atoms with Crippen LogP contribution in [-0.4, -0.2) is 74.2 Å². The number of rotatable bonds is 8. The molecule has 3 heterocycles. The Balaban J connectivity index is 1.72.